The van der Waals surface area contributed by atoms with Crippen LogP contribution in [0.3, 0.4) is 0 Å². The van der Waals surface area contributed by atoms with Crippen molar-refractivity contribution in [2.24, 2.45) is 17.8 Å². The van der Waals surface area contributed by atoms with E-state index >= 15 is 0 Å². The summed E-state index contributed by atoms with van der Waals surface area (Å²) >= 11 is 0. The Labute approximate surface area is 114 Å². The molecule has 0 aromatic heterocycles. The van der Waals surface area contributed by atoms with E-state index in [9.17, 15) is 9.59 Å². The standard InChI is InChI=1S/C14H25NO4/c1-9(2)6-11(7-12(16)17)8-15-14(18)13-10(3)4-5-19-13/h9-11,13H,4-8H2,1-3H3,(H,15,18)(H,16,17)/t10?,11-,13?/m0/s1. The minimum absolute atomic E-state index is 0.0156. The van der Waals surface area contributed by atoms with E-state index in [1.165, 1.54) is 0 Å². The van der Waals surface area contributed by atoms with Gasteiger partial charge in [-0.25, -0.2) is 0 Å². The third-order valence-electron chi connectivity index (χ3n) is 3.48. The zero-order valence-corrected chi connectivity index (χ0v) is 12.0. The maximum Gasteiger partial charge on any atom is 0.303 e. The summed E-state index contributed by atoms with van der Waals surface area (Å²) in [4.78, 5) is 22.8. The van der Waals surface area contributed by atoms with Gasteiger partial charge in [-0.3, -0.25) is 9.59 Å². The molecule has 0 bridgehead atoms. The normalized spacial score (nSPS) is 24.4. The second-order valence-corrected chi connectivity index (χ2v) is 5.90. The predicted octanol–water partition coefficient (Wildman–Crippen LogP) is 1.66. The van der Waals surface area contributed by atoms with Crippen molar-refractivity contribution in [3.05, 3.63) is 0 Å². The molecule has 1 fully saturated rings. The Morgan fingerprint density at radius 2 is 2.11 bits per heavy atom. The first kappa shape index (κ1) is 16.0. The van der Waals surface area contributed by atoms with Crippen molar-refractivity contribution in [3.63, 3.8) is 0 Å². The summed E-state index contributed by atoms with van der Waals surface area (Å²) < 4.78 is 5.39. The molecule has 2 N–H and O–H groups in total. The van der Waals surface area contributed by atoms with E-state index in [-0.39, 0.29) is 30.3 Å². The van der Waals surface area contributed by atoms with Crippen LogP contribution in [0.1, 0.15) is 40.0 Å². The van der Waals surface area contributed by atoms with Crippen LogP contribution in [-0.4, -0.2) is 36.2 Å². The van der Waals surface area contributed by atoms with Crippen LogP contribution in [0.25, 0.3) is 0 Å². The fourth-order valence-electron chi connectivity index (χ4n) is 2.53. The number of rotatable bonds is 7. The lowest BCUT2D eigenvalue weighted by atomic mass is 9.94. The van der Waals surface area contributed by atoms with E-state index in [2.05, 4.69) is 19.2 Å². The van der Waals surface area contributed by atoms with Crippen LogP contribution in [0.5, 0.6) is 0 Å². The molecule has 1 amide bonds. The van der Waals surface area contributed by atoms with Crippen molar-refractivity contribution in [1.29, 1.82) is 0 Å². The summed E-state index contributed by atoms with van der Waals surface area (Å²) in [5.74, 6) is -0.279. The fraction of sp³-hybridized carbons (Fsp3) is 0.857. The van der Waals surface area contributed by atoms with E-state index in [4.69, 9.17) is 9.84 Å². The highest BCUT2D eigenvalue weighted by molar-refractivity contribution is 5.81. The van der Waals surface area contributed by atoms with Gasteiger partial charge in [0.25, 0.3) is 0 Å². The number of carbonyl (C=O) groups is 2. The number of nitrogens with one attached hydrogen (secondary N) is 1. The van der Waals surface area contributed by atoms with Crippen LogP contribution >= 0.6 is 0 Å². The molecule has 0 radical (unpaired) electrons. The average Bonchev–Trinajstić information content (AvgIpc) is 2.70. The molecule has 2 unspecified atom stereocenters. The van der Waals surface area contributed by atoms with E-state index < -0.39 is 5.97 Å². The van der Waals surface area contributed by atoms with Crippen LogP contribution < -0.4 is 5.32 Å². The van der Waals surface area contributed by atoms with Crippen molar-refractivity contribution in [2.45, 2.75) is 46.1 Å². The summed E-state index contributed by atoms with van der Waals surface area (Å²) in [7, 11) is 0. The summed E-state index contributed by atoms with van der Waals surface area (Å²) in [5.41, 5.74) is 0. The average molecular weight is 271 g/mol. The SMILES string of the molecule is CC(C)C[C@H](CNC(=O)C1OCCC1C)CC(=O)O. The third kappa shape index (κ3) is 5.59. The van der Waals surface area contributed by atoms with Crippen molar-refractivity contribution in [2.75, 3.05) is 13.2 Å². The van der Waals surface area contributed by atoms with E-state index in [0.717, 1.165) is 12.8 Å². The fourth-order valence-corrected chi connectivity index (χ4v) is 2.53. The first-order valence-corrected chi connectivity index (χ1v) is 7.01. The zero-order chi connectivity index (χ0) is 14.4. The Morgan fingerprint density at radius 1 is 1.42 bits per heavy atom. The van der Waals surface area contributed by atoms with Crippen molar-refractivity contribution >= 4 is 11.9 Å². The summed E-state index contributed by atoms with van der Waals surface area (Å²) in [6.45, 7) is 7.15. The van der Waals surface area contributed by atoms with Crippen LogP contribution in [-0.2, 0) is 14.3 Å². The van der Waals surface area contributed by atoms with E-state index in [1.54, 1.807) is 0 Å². The van der Waals surface area contributed by atoms with Gasteiger partial charge in [0.2, 0.25) is 5.91 Å². The van der Waals surface area contributed by atoms with E-state index in [0.29, 0.717) is 19.1 Å². The Kier molecular flexibility index (Phi) is 6.28. The Morgan fingerprint density at radius 3 is 2.58 bits per heavy atom. The quantitative estimate of drug-likeness (QED) is 0.738. The topological polar surface area (TPSA) is 75.6 Å². The molecule has 0 spiro atoms. The monoisotopic (exact) mass is 271 g/mol. The largest absolute Gasteiger partial charge is 0.481 e. The minimum atomic E-state index is -0.814. The van der Waals surface area contributed by atoms with Crippen LogP contribution in [0.4, 0.5) is 0 Å². The first-order chi connectivity index (χ1) is 8.90. The van der Waals surface area contributed by atoms with Crippen LogP contribution in [0, 0.1) is 17.8 Å². The van der Waals surface area contributed by atoms with Crippen LogP contribution in [0.15, 0.2) is 0 Å². The molecule has 0 aliphatic carbocycles. The van der Waals surface area contributed by atoms with Crippen molar-refractivity contribution in [3.8, 4) is 0 Å². The van der Waals surface area contributed by atoms with Gasteiger partial charge in [-0.05, 0) is 30.6 Å². The smallest absolute Gasteiger partial charge is 0.303 e. The third-order valence-corrected chi connectivity index (χ3v) is 3.48. The molecule has 0 aromatic carbocycles. The zero-order valence-electron chi connectivity index (χ0n) is 12.0. The number of hydrogen-bond acceptors (Lipinski definition) is 3. The minimum Gasteiger partial charge on any atom is -0.481 e. The molecular weight excluding hydrogens is 246 g/mol. The first-order valence-electron chi connectivity index (χ1n) is 7.01. The van der Waals surface area contributed by atoms with Gasteiger partial charge in [0, 0.05) is 19.6 Å². The van der Waals surface area contributed by atoms with Crippen molar-refractivity contribution in [1.82, 2.24) is 5.32 Å². The number of hydrogen-bond donors (Lipinski definition) is 2. The molecule has 1 saturated heterocycles. The Hall–Kier alpha value is -1.10. The predicted molar refractivity (Wildman–Crippen MR) is 71.7 cm³/mol. The number of aliphatic carboxylic acids is 1. The lowest BCUT2D eigenvalue weighted by Crippen LogP contribution is -2.40. The highest BCUT2D eigenvalue weighted by Crippen LogP contribution is 2.20. The van der Waals surface area contributed by atoms with Gasteiger partial charge in [-0.15, -0.1) is 0 Å². The Balaban J connectivity index is 2.41. The molecule has 0 saturated carbocycles. The van der Waals surface area contributed by atoms with Gasteiger partial charge < -0.3 is 15.2 Å². The lowest BCUT2D eigenvalue weighted by molar-refractivity contribution is -0.139. The number of ether oxygens (including phenoxy) is 1. The molecule has 19 heavy (non-hydrogen) atoms. The van der Waals surface area contributed by atoms with Gasteiger partial charge in [0.1, 0.15) is 6.10 Å². The highest BCUT2D eigenvalue weighted by atomic mass is 16.5. The van der Waals surface area contributed by atoms with Crippen LogP contribution in [0.2, 0.25) is 0 Å². The maximum absolute atomic E-state index is 11.9. The van der Waals surface area contributed by atoms with Gasteiger partial charge in [0.05, 0.1) is 0 Å². The van der Waals surface area contributed by atoms with Gasteiger partial charge in [-0.2, -0.15) is 0 Å². The summed E-state index contributed by atoms with van der Waals surface area (Å²) in [6.07, 6.45) is 1.43. The second-order valence-electron chi connectivity index (χ2n) is 5.90. The summed E-state index contributed by atoms with van der Waals surface area (Å²) in [5, 5.41) is 11.7. The molecule has 5 heteroatoms. The molecular formula is C14H25NO4. The van der Waals surface area contributed by atoms with Crippen molar-refractivity contribution < 1.29 is 19.4 Å². The second kappa shape index (κ2) is 7.48. The maximum atomic E-state index is 11.9. The Bertz CT molecular complexity index is 317. The molecule has 1 heterocycles. The molecule has 1 aliphatic heterocycles. The number of carboxylic acid groups (broad SMARTS) is 1. The lowest BCUT2D eigenvalue weighted by Gasteiger charge is -2.20. The highest BCUT2D eigenvalue weighted by Gasteiger charge is 2.31. The molecule has 3 atom stereocenters. The molecule has 1 aliphatic rings. The molecule has 110 valence electrons. The number of carboxylic acids is 1. The van der Waals surface area contributed by atoms with Gasteiger partial charge >= 0.3 is 5.97 Å². The van der Waals surface area contributed by atoms with Gasteiger partial charge in [0.15, 0.2) is 0 Å². The van der Waals surface area contributed by atoms with E-state index in [1.807, 2.05) is 6.92 Å². The molecule has 0 aromatic rings. The number of amides is 1. The number of carbonyl (C=O) groups excluding carboxylic acids is 1. The summed E-state index contributed by atoms with van der Waals surface area (Å²) in [6, 6.07) is 0. The van der Waals surface area contributed by atoms with Gasteiger partial charge in [-0.1, -0.05) is 20.8 Å². The molecule has 1 rings (SSSR count). The molecule has 5 nitrogen and oxygen atoms in total.